The van der Waals surface area contributed by atoms with Crippen LogP contribution >= 0.6 is 15.9 Å². The standard InChI is InChI=1S/C14H14BrFN2O2/c1-8-14(18-13(15)6-17-8)20-9(2)12-5-11(16)4-3-10(12)7-19/h3-6,9,19H,7H2,1-2H3. The SMILES string of the molecule is Cc1ncc(Br)nc1OC(C)c1cc(F)ccc1CO. The molecule has 6 heteroatoms. The van der Waals surface area contributed by atoms with Gasteiger partial charge in [-0.1, -0.05) is 6.07 Å². The van der Waals surface area contributed by atoms with Crippen molar-refractivity contribution < 1.29 is 14.2 Å². The number of ether oxygens (including phenoxy) is 1. The first kappa shape index (κ1) is 14.9. The summed E-state index contributed by atoms with van der Waals surface area (Å²) < 4.78 is 19.6. The van der Waals surface area contributed by atoms with Gasteiger partial charge in [0.15, 0.2) is 0 Å². The average molecular weight is 341 g/mol. The summed E-state index contributed by atoms with van der Waals surface area (Å²) in [7, 11) is 0. The Labute approximate surface area is 124 Å². The van der Waals surface area contributed by atoms with Crippen molar-refractivity contribution in [2.75, 3.05) is 0 Å². The zero-order valence-electron chi connectivity index (χ0n) is 11.1. The molecule has 0 bridgehead atoms. The molecule has 20 heavy (non-hydrogen) atoms. The number of nitrogens with zero attached hydrogens (tertiary/aromatic N) is 2. The molecule has 0 radical (unpaired) electrons. The van der Waals surface area contributed by atoms with Crippen molar-refractivity contribution in [2.45, 2.75) is 26.6 Å². The lowest BCUT2D eigenvalue weighted by Gasteiger charge is -2.18. The summed E-state index contributed by atoms with van der Waals surface area (Å²) in [6.07, 6.45) is 1.13. The molecular weight excluding hydrogens is 327 g/mol. The first-order valence-electron chi connectivity index (χ1n) is 6.06. The largest absolute Gasteiger partial charge is 0.468 e. The second kappa shape index (κ2) is 6.28. The molecule has 0 aliphatic carbocycles. The summed E-state index contributed by atoms with van der Waals surface area (Å²) in [5, 5.41) is 9.31. The van der Waals surface area contributed by atoms with E-state index in [1.165, 1.54) is 12.1 Å². The quantitative estimate of drug-likeness (QED) is 0.927. The van der Waals surface area contributed by atoms with E-state index in [0.717, 1.165) is 0 Å². The predicted molar refractivity (Wildman–Crippen MR) is 75.8 cm³/mol. The van der Waals surface area contributed by atoms with E-state index < -0.39 is 6.10 Å². The molecule has 0 saturated carbocycles. The van der Waals surface area contributed by atoms with Crippen LogP contribution in [0, 0.1) is 12.7 Å². The van der Waals surface area contributed by atoms with Crippen molar-refractivity contribution in [3.63, 3.8) is 0 Å². The molecular formula is C14H14BrFN2O2. The molecule has 0 aliphatic heterocycles. The molecule has 1 atom stereocenters. The van der Waals surface area contributed by atoms with Gasteiger partial charge in [-0.2, -0.15) is 0 Å². The first-order valence-corrected chi connectivity index (χ1v) is 6.85. The maximum Gasteiger partial charge on any atom is 0.237 e. The van der Waals surface area contributed by atoms with Crippen molar-refractivity contribution in [1.82, 2.24) is 9.97 Å². The Kier molecular flexibility index (Phi) is 4.67. The second-order valence-electron chi connectivity index (χ2n) is 4.34. The predicted octanol–water partition coefficient (Wildman–Crippen LogP) is 3.32. The fourth-order valence-corrected chi connectivity index (χ4v) is 2.11. The highest BCUT2D eigenvalue weighted by Crippen LogP contribution is 2.26. The van der Waals surface area contributed by atoms with Gasteiger partial charge in [-0.25, -0.2) is 9.37 Å². The fourth-order valence-electron chi connectivity index (χ4n) is 1.84. The molecule has 0 spiro atoms. The second-order valence-corrected chi connectivity index (χ2v) is 5.16. The Morgan fingerprint density at radius 1 is 1.45 bits per heavy atom. The van der Waals surface area contributed by atoms with Crippen molar-refractivity contribution in [3.8, 4) is 5.88 Å². The van der Waals surface area contributed by atoms with Crippen LogP contribution in [0.3, 0.4) is 0 Å². The molecule has 106 valence electrons. The molecule has 0 aliphatic rings. The van der Waals surface area contributed by atoms with Crippen LogP contribution in [0.25, 0.3) is 0 Å². The lowest BCUT2D eigenvalue weighted by atomic mass is 10.0. The molecule has 1 unspecified atom stereocenters. The van der Waals surface area contributed by atoms with E-state index in [2.05, 4.69) is 25.9 Å². The minimum Gasteiger partial charge on any atom is -0.468 e. The van der Waals surface area contributed by atoms with E-state index in [1.807, 2.05) is 0 Å². The summed E-state index contributed by atoms with van der Waals surface area (Å²) in [4.78, 5) is 8.32. The van der Waals surface area contributed by atoms with E-state index >= 15 is 0 Å². The lowest BCUT2D eigenvalue weighted by molar-refractivity contribution is 0.207. The number of aliphatic hydroxyl groups excluding tert-OH is 1. The van der Waals surface area contributed by atoms with E-state index in [9.17, 15) is 9.50 Å². The Balaban J connectivity index is 2.30. The maximum absolute atomic E-state index is 13.4. The highest BCUT2D eigenvalue weighted by atomic mass is 79.9. The summed E-state index contributed by atoms with van der Waals surface area (Å²) in [5.74, 6) is 0.00437. The van der Waals surface area contributed by atoms with Gasteiger partial charge in [0.25, 0.3) is 0 Å². The zero-order valence-corrected chi connectivity index (χ0v) is 12.7. The number of hydrogen-bond donors (Lipinski definition) is 1. The average Bonchev–Trinajstić information content (AvgIpc) is 2.42. The molecule has 4 nitrogen and oxygen atoms in total. The number of aromatic nitrogens is 2. The molecule has 0 amide bonds. The van der Waals surface area contributed by atoms with Crippen LogP contribution in [0.1, 0.15) is 29.8 Å². The number of halogens is 2. The van der Waals surface area contributed by atoms with E-state index in [1.54, 1.807) is 26.1 Å². The van der Waals surface area contributed by atoms with Crippen molar-refractivity contribution in [2.24, 2.45) is 0 Å². The Morgan fingerprint density at radius 3 is 2.90 bits per heavy atom. The third-order valence-electron chi connectivity index (χ3n) is 2.89. The summed E-state index contributed by atoms with van der Waals surface area (Å²) in [6.45, 7) is 3.38. The van der Waals surface area contributed by atoms with Gasteiger partial charge in [0.2, 0.25) is 5.88 Å². The van der Waals surface area contributed by atoms with Gasteiger partial charge in [0.1, 0.15) is 16.5 Å². The summed E-state index contributed by atoms with van der Waals surface area (Å²) in [6, 6.07) is 4.22. The van der Waals surface area contributed by atoms with Crippen LogP contribution in [0.4, 0.5) is 4.39 Å². The number of aryl methyl sites for hydroxylation is 1. The van der Waals surface area contributed by atoms with Gasteiger partial charge in [-0.3, -0.25) is 4.98 Å². The minimum atomic E-state index is -0.449. The molecule has 1 N–H and O–H groups in total. The smallest absolute Gasteiger partial charge is 0.237 e. The third-order valence-corrected chi connectivity index (χ3v) is 3.27. The summed E-state index contributed by atoms with van der Waals surface area (Å²) in [5.41, 5.74) is 1.86. The van der Waals surface area contributed by atoms with Crippen molar-refractivity contribution >= 4 is 15.9 Å². The van der Waals surface area contributed by atoms with Crippen LogP contribution < -0.4 is 4.74 Å². The van der Waals surface area contributed by atoms with E-state index in [-0.39, 0.29) is 12.4 Å². The van der Waals surface area contributed by atoms with Crippen molar-refractivity contribution in [3.05, 3.63) is 51.6 Å². The number of aliphatic hydroxyl groups is 1. The topological polar surface area (TPSA) is 55.2 Å². The number of benzene rings is 1. The van der Waals surface area contributed by atoms with Crippen molar-refractivity contribution in [1.29, 1.82) is 0 Å². The molecule has 1 aromatic heterocycles. The highest BCUT2D eigenvalue weighted by molar-refractivity contribution is 9.10. The van der Waals surface area contributed by atoms with Gasteiger partial charge < -0.3 is 9.84 Å². The van der Waals surface area contributed by atoms with Gasteiger partial charge >= 0.3 is 0 Å². The van der Waals surface area contributed by atoms with Gasteiger partial charge in [0, 0.05) is 5.56 Å². The van der Waals surface area contributed by atoms with Crippen LogP contribution in [0.5, 0.6) is 5.88 Å². The van der Waals surface area contributed by atoms with Crippen LogP contribution in [-0.4, -0.2) is 15.1 Å². The van der Waals surface area contributed by atoms with Crippen LogP contribution in [0.15, 0.2) is 29.0 Å². The first-order chi connectivity index (χ1) is 9.51. The lowest BCUT2D eigenvalue weighted by Crippen LogP contribution is -2.09. The maximum atomic E-state index is 13.4. The van der Waals surface area contributed by atoms with Crippen LogP contribution in [-0.2, 0) is 6.61 Å². The Bertz CT molecular complexity index is 622. The number of hydrogen-bond acceptors (Lipinski definition) is 4. The summed E-state index contributed by atoms with van der Waals surface area (Å²) >= 11 is 3.23. The van der Waals surface area contributed by atoms with E-state index in [4.69, 9.17) is 4.74 Å². The highest BCUT2D eigenvalue weighted by Gasteiger charge is 2.15. The fraction of sp³-hybridized carbons (Fsp3) is 0.286. The normalized spacial score (nSPS) is 12.2. The molecule has 1 heterocycles. The monoisotopic (exact) mass is 340 g/mol. The van der Waals surface area contributed by atoms with Crippen LogP contribution in [0.2, 0.25) is 0 Å². The molecule has 1 aromatic carbocycles. The number of rotatable bonds is 4. The molecule has 2 rings (SSSR count). The Hall–Kier alpha value is -1.53. The van der Waals surface area contributed by atoms with Gasteiger partial charge in [-0.05, 0) is 47.5 Å². The zero-order chi connectivity index (χ0) is 14.7. The third kappa shape index (κ3) is 3.32. The molecule has 0 fully saturated rings. The van der Waals surface area contributed by atoms with Gasteiger partial charge in [-0.15, -0.1) is 0 Å². The molecule has 0 saturated heterocycles. The van der Waals surface area contributed by atoms with E-state index in [0.29, 0.717) is 27.3 Å². The Morgan fingerprint density at radius 2 is 2.20 bits per heavy atom. The molecule has 2 aromatic rings. The minimum absolute atomic E-state index is 0.174. The van der Waals surface area contributed by atoms with Gasteiger partial charge in [0.05, 0.1) is 18.5 Å².